The van der Waals surface area contributed by atoms with E-state index in [0.29, 0.717) is 6.04 Å². The van der Waals surface area contributed by atoms with Crippen LogP contribution >= 0.6 is 24.8 Å². The van der Waals surface area contributed by atoms with Gasteiger partial charge in [-0.15, -0.1) is 35.0 Å². The first kappa shape index (κ1) is 17.2. The van der Waals surface area contributed by atoms with Crippen molar-refractivity contribution in [1.29, 1.82) is 0 Å². The van der Waals surface area contributed by atoms with Crippen molar-refractivity contribution in [3.63, 3.8) is 0 Å². The molecule has 2 atom stereocenters. The predicted molar refractivity (Wildman–Crippen MR) is 78.8 cm³/mol. The van der Waals surface area contributed by atoms with Gasteiger partial charge in [0.1, 0.15) is 0 Å². The monoisotopic (exact) mass is 290 g/mol. The number of halogens is 2. The van der Waals surface area contributed by atoms with Crippen molar-refractivity contribution in [1.82, 2.24) is 19.9 Å². The van der Waals surface area contributed by atoms with E-state index in [1.54, 1.807) is 0 Å². The van der Waals surface area contributed by atoms with Crippen LogP contribution in [0.1, 0.15) is 39.1 Å². The molecule has 2 aromatic heterocycles. The van der Waals surface area contributed by atoms with Gasteiger partial charge in [0, 0.05) is 12.2 Å². The van der Waals surface area contributed by atoms with E-state index in [9.17, 15) is 0 Å². The molecule has 2 aromatic rings. The number of rotatable bonds is 4. The summed E-state index contributed by atoms with van der Waals surface area (Å²) < 4.78 is 2.03. The molecule has 0 aliphatic carbocycles. The summed E-state index contributed by atoms with van der Waals surface area (Å²) in [5.41, 5.74) is 0.898. The molecule has 0 aliphatic heterocycles. The van der Waals surface area contributed by atoms with Crippen LogP contribution in [-0.4, -0.2) is 20.6 Å². The standard InChI is InChI=1S/C12H18N4.2ClH/c1-4-9(2)13-10(3)12-15-14-11-7-5-6-8-16(11)12;;/h5-10,13H,4H2,1-3H3;2*1H. The number of nitrogens with zero attached hydrogens (tertiary/aromatic N) is 3. The van der Waals surface area contributed by atoms with E-state index in [2.05, 4.69) is 36.3 Å². The van der Waals surface area contributed by atoms with Crippen LogP contribution in [0, 0.1) is 0 Å². The Balaban J connectivity index is 0.00000144. The quantitative estimate of drug-likeness (QED) is 0.941. The summed E-state index contributed by atoms with van der Waals surface area (Å²) in [7, 11) is 0. The first-order valence-electron chi connectivity index (χ1n) is 5.78. The predicted octanol–water partition coefficient (Wildman–Crippen LogP) is 3.02. The lowest BCUT2D eigenvalue weighted by Crippen LogP contribution is -2.29. The van der Waals surface area contributed by atoms with E-state index in [1.165, 1.54) is 0 Å². The van der Waals surface area contributed by atoms with Crippen molar-refractivity contribution in [3.8, 4) is 0 Å². The van der Waals surface area contributed by atoms with E-state index in [0.717, 1.165) is 17.9 Å². The minimum atomic E-state index is 0. The second-order valence-electron chi connectivity index (χ2n) is 4.18. The summed E-state index contributed by atoms with van der Waals surface area (Å²) in [5.74, 6) is 0.968. The van der Waals surface area contributed by atoms with Crippen molar-refractivity contribution in [3.05, 3.63) is 30.2 Å². The van der Waals surface area contributed by atoms with E-state index >= 15 is 0 Å². The van der Waals surface area contributed by atoms with Gasteiger partial charge >= 0.3 is 0 Å². The zero-order chi connectivity index (χ0) is 11.5. The normalized spacial score (nSPS) is 13.5. The van der Waals surface area contributed by atoms with Crippen molar-refractivity contribution in [2.75, 3.05) is 0 Å². The van der Waals surface area contributed by atoms with Crippen LogP contribution < -0.4 is 5.32 Å². The van der Waals surface area contributed by atoms with Gasteiger partial charge in [0.15, 0.2) is 11.5 Å². The topological polar surface area (TPSA) is 42.2 Å². The molecule has 0 amide bonds. The summed E-state index contributed by atoms with van der Waals surface area (Å²) in [6.07, 6.45) is 3.11. The summed E-state index contributed by atoms with van der Waals surface area (Å²) in [5, 5.41) is 11.9. The SMILES string of the molecule is CCC(C)NC(C)c1nnc2ccccn12.Cl.Cl. The van der Waals surface area contributed by atoms with Crippen LogP contribution in [0.25, 0.3) is 5.65 Å². The number of fused-ring (bicyclic) bond motifs is 1. The fourth-order valence-corrected chi connectivity index (χ4v) is 1.77. The van der Waals surface area contributed by atoms with Crippen molar-refractivity contribution < 1.29 is 0 Å². The highest BCUT2D eigenvalue weighted by atomic mass is 35.5. The highest BCUT2D eigenvalue weighted by Gasteiger charge is 2.14. The molecule has 18 heavy (non-hydrogen) atoms. The second-order valence-corrected chi connectivity index (χ2v) is 4.18. The maximum absolute atomic E-state index is 4.23. The first-order valence-corrected chi connectivity index (χ1v) is 5.78. The van der Waals surface area contributed by atoms with E-state index < -0.39 is 0 Å². The molecule has 2 rings (SSSR count). The molecule has 1 N–H and O–H groups in total. The molecule has 0 saturated heterocycles. The number of nitrogens with one attached hydrogen (secondary N) is 1. The minimum Gasteiger partial charge on any atom is -0.305 e. The van der Waals surface area contributed by atoms with Crippen LogP contribution in [0.5, 0.6) is 0 Å². The van der Waals surface area contributed by atoms with Gasteiger partial charge in [0.2, 0.25) is 0 Å². The number of hydrogen-bond donors (Lipinski definition) is 1. The fraction of sp³-hybridized carbons (Fsp3) is 0.500. The number of aromatic nitrogens is 3. The average Bonchev–Trinajstić information content (AvgIpc) is 2.72. The Morgan fingerprint density at radius 3 is 2.61 bits per heavy atom. The van der Waals surface area contributed by atoms with Gasteiger partial charge in [-0.05, 0) is 32.4 Å². The summed E-state index contributed by atoms with van der Waals surface area (Å²) in [6, 6.07) is 6.64. The molecule has 102 valence electrons. The maximum atomic E-state index is 4.23. The Morgan fingerprint density at radius 2 is 1.94 bits per heavy atom. The summed E-state index contributed by atoms with van der Waals surface area (Å²) in [6.45, 7) is 6.47. The van der Waals surface area contributed by atoms with Gasteiger partial charge in [-0.25, -0.2) is 0 Å². The molecule has 0 bridgehead atoms. The lowest BCUT2D eigenvalue weighted by molar-refractivity contribution is 0.452. The lowest BCUT2D eigenvalue weighted by Gasteiger charge is -2.17. The highest BCUT2D eigenvalue weighted by molar-refractivity contribution is 5.85. The van der Waals surface area contributed by atoms with Gasteiger partial charge in [0.25, 0.3) is 0 Å². The fourth-order valence-electron chi connectivity index (χ4n) is 1.77. The second kappa shape index (κ2) is 7.56. The molecule has 2 unspecified atom stereocenters. The van der Waals surface area contributed by atoms with E-state index in [1.807, 2.05) is 28.8 Å². The molecule has 0 aliphatic rings. The first-order chi connectivity index (χ1) is 7.72. The van der Waals surface area contributed by atoms with Gasteiger partial charge in [0.05, 0.1) is 6.04 Å². The Kier molecular flexibility index (Phi) is 7.21. The molecule has 0 radical (unpaired) electrons. The molecule has 0 fully saturated rings. The van der Waals surface area contributed by atoms with Gasteiger partial charge in [-0.2, -0.15) is 0 Å². The van der Waals surface area contributed by atoms with E-state index in [4.69, 9.17) is 0 Å². The third-order valence-corrected chi connectivity index (χ3v) is 2.87. The van der Waals surface area contributed by atoms with Crippen molar-refractivity contribution >= 4 is 30.5 Å². The molecule has 0 saturated carbocycles. The Hall–Kier alpha value is -0.840. The largest absolute Gasteiger partial charge is 0.305 e. The Labute approximate surface area is 120 Å². The lowest BCUT2D eigenvalue weighted by atomic mass is 10.2. The number of pyridine rings is 1. The van der Waals surface area contributed by atoms with Gasteiger partial charge in [-0.1, -0.05) is 13.0 Å². The van der Waals surface area contributed by atoms with Gasteiger partial charge in [-0.3, -0.25) is 4.40 Å². The van der Waals surface area contributed by atoms with Crippen LogP contribution in [0.3, 0.4) is 0 Å². The maximum Gasteiger partial charge on any atom is 0.160 e. The van der Waals surface area contributed by atoms with Crippen LogP contribution in [-0.2, 0) is 0 Å². The summed E-state index contributed by atoms with van der Waals surface area (Å²) in [4.78, 5) is 0. The third-order valence-electron chi connectivity index (χ3n) is 2.87. The minimum absolute atomic E-state index is 0. The molecule has 0 aromatic carbocycles. The molecule has 4 nitrogen and oxygen atoms in total. The highest BCUT2D eigenvalue weighted by Crippen LogP contribution is 2.12. The molecule has 6 heteroatoms. The summed E-state index contributed by atoms with van der Waals surface area (Å²) >= 11 is 0. The van der Waals surface area contributed by atoms with Crippen LogP contribution in [0.4, 0.5) is 0 Å². The zero-order valence-corrected chi connectivity index (χ0v) is 12.5. The number of hydrogen-bond acceptors (Lipinski definition) is 3. The Morgan fingerprint density at radius 1 is 1.22 bits per heavy atom. The van der Waals surface area contributed by atoms with Crippen LogP contribution in [0.2, 0.25) is 0 Å². The van der Waals surface area contributed by atoms with E-state index in [-0.39, 0.29) is 30.9 Å². The van der Waals surface area contributed by atoms with Crippen LogP contribution in [0.15, 0.2) is 24.4 Å². The van der Waals surface area contributed by atoms with Crippen molar-refractivity contribution in [2.45, 2.75) is 39.3 Å². The molecule has 0 spiro atoms. The molecule has 2 heterocycles. The molecular formula is C12H20Cl2N4. The zero-order valence-electron chi connectivity index (χ0n) is 10.8. The smallest absolute Gasteiger partial charge is 0.160 e. The Bertz CT molecular complexity index is 472. The average molecular weight is 291 g/mol. The van der Waals surface area contributed by atoms with Gasteiger partial charge < -0.3 is 5.32 Å². The third kappa shape index (κ3) is 3.57. The molecular weight excluding hydrogens is 271 g/mol. The van der Waals surface area contributed by atoms with Crippen molar-refractivity contribution in [2.24, 2.45) is 0 Å².